The van der Waals surface area contributed by atoms with Crippen LogP contribution in [-0.2, 0) is 13.7 Å². The summed E-state index contributed by atoms with van der Waals surface area (Å²) >= 11 is 0. The highest BCUT2D eigenvalue weighted by Gasteiger charge is 2.45. The van der Waals surface area contributed by atoms with Gasteiger partial charge in [-0.15, -0.1) is 0 Å². The molecule has 0 amide bonds. The van der Waals surface area contributed by atoms with Crippen molar-refractivity contribution >= 4 is 27.4 Å². The molecule has 0 radical (unpaired) electrons. The molecule has 1 aliphatic rings. The van der Waals surface area contributed by atoms with E-state index in [2.05, 4.69) is 13.7 Å². The van der Waals surface area contributed by atoms with Crippen molar-refractivity contribution in [2.75, 3.05) is 0 Å². The van der Waals surface area contributed by atoms with Gasteiger partial charge < -0.3 is 13.7 Å². The summed E-state index contributed by atoms with van der Waals surface area (Å²) in [5, 5.41) is 0. The molecule has 15 heavy (non-hydrogen) atoms. The Balaban J connectivity index is 2.20. The van der Waals surface area contributed by atoms with Crippen LogP contribution in [0.15, 0.2) is 24.3 Å². The highest BCUT2D eigenvalue weighted by atomic mass is 19.1. The molecule has 0 aromatic heterocycles. The maximum atomic E-state index is 13.2. The fourth-order valence-corrected chi connectivity index (χ4v) is 1.19. The summed E-state index contributed by atoms with van der Waals surface area (Å²) in [6, 6.07) is 5.39. The molecule has 1 aromatic rings. The lowest BCUT2D eigenvalue weighted by Crippen LogP contribution is -2.52. The van der Waals surface area contributed by atoms with Crippen LogP contribution < -0.4 is 5.46 Å². The van der Waals surface area contributed by atoms with E-state index in [0.29, 0.717) is 0 Å². The molecular weight excluding hydrogens is 209 g/mol. The van der Waals surface area contributed by atoms with Gasteiger partial charge in [0.2, 0.25) is 0 Å². The van der Waals surface area contributed by atoms with E-state index in [1.165, 1.54) is 18.2 Å². The Labute approximate surface area is 85.0 Å². The van der Waals surface area contributed by atoms with Crippen molar-refractivity contribution in [1.82, 2.24) is 0 Å². The zero-order chi connectivity index (χ0) is 10.8. The van der Waals surface area contributed by atoms with Gasteiger partial charge in [0.05, 0.1) is 0 Å². The zero-order valence-corrected chi connectivity index (χ0v) is 7.40. The predicted octanol–water partition coefficient (Wildman–Crippen LogP) is 0.493. The van der Waals surface area contributed by atoms with Gasteiger partial charge in [-0.2, -0.15) is 0 Å². The summed E-state index contributed by atoms with van der Waals surface area (Å²) in [6.45, 7) is 0. The van der Waals surface area contributed by atoms with Crippen molar-refractivity contribution in [2.24, 2.45) is 0 Å². The summed E-state index contributed by atoms with van der Waals surface area (Å²) in [5.41, 5.74) is -0.0777. The van der Waals surface area contributed by atoms with E-state index >= 15 is 0 Å². The topological polar surface area (TPSA) is 27.7 Å². The lowest BCUT2D eigenvalue weighted by atomic mass is 9.74. The van der Waals surface area contributed by atoms with Gasteiger partial charge in [-0.3, -0.25) is 8.63 Å². The van der Waals surface area contributed by atoms with E-state index < -0.39 is 27.7 Å². The lowest BCUT2D eigenvalue weighted by Gasteiger charge is -2.22. The molecular formula is C6H4B3F3O3. The van der Waals surface area contributed by atoms with E-state index in [9.17, 15) is 13.0 Å². The Morgan fingerprint density at radius 1 is 0.933 bits per heavy atom. The molecule has 1 aliphatic heterocycles. The Bertz CT molecular complexity index is 345. The Kier molecular flexibility index (Phi) is 3.04. The van der Waals surface area contributed by atoms with Gasteiger partial charge in [-0.25, -0.2) is 4.39 Å². The summed E-state index contributed by atoms with van der Waals surface area (Å²) in [5.74, 6) is -0.663. The van der Waals surface area contributed by atoms with Crippen LogP contribution in [0.4, 0.5) is 13.0 Å². The molecule has 0 spiro atoms. The number of halogens is 3. The van der Waals surface area contributed by atoms with Crippen LogP contribution >= 0.6 is 0 Å². The van der Waals surface area contributed by atoms with Gasteiger partial charge in [-0.1, -0.05) is 18.2 Å². The molecule has 0 N–H and O–H groups in total. The van der Waals surface area contributed by atoms with E-state index in [1.807, 2.05) is 0 Å². The first-order valence-electron chi connectivity index (χ1n) is 4.16. The minimum atomic E-state index is -2.27. The molecule has 0 unspecified atom stereocenters. The summed E-state index contributed by atoms with van der Waals surface area (Å²) < 4.78 is 51.2. The third kappa shape index (κ3) is 2.36. The second-order valence-corrected chi connectivity index (χ2v) is 2.81. The second-order valence-electron chi connectivity index (χ2n) is 2.81. The molecule has 1 saturated heterocycles. The molecule has 1 fully saturated rings. The number of benzene rings is 1. The van der Waals surface area contributed by atoms with Crippen LogP contribution in [0.25, 0.3) is 0 Å². The van der Waals surface area contributed by atoms with Crippen LogP contribution in [-0.4, -0.2) is 21.9 Å². The first-order valence-corrected chi connectivity index (χ1v) is 4.16. The average molecular weight is 214 g/mol. The maximum absolute atomic E-state index is 13.2. The molecule has 0 bridgehead atoms. The van der Waals surface area contributed by atoms with Crippen LogP contribution in [0, 0.1) is 5.82 Å². The summed E-state index contributed by atoms with van der Waals surface area (Å²) in [6.07, 6.45) is 0. The molecule has 9 heteroatoms. The van der Waals surface area contributed by atoms with Gasteiger partial charge in [0.15, 0.2) is 0 Å². The van der Waals surface area contributed by atoms with Crippen molar-refractivity contribution in [2.45, 2.75) is 0 Å². The lowest BCUT2D eigenvalue weighted by molar-refractivity contribution is 0.225. The summed E-state index contributed by atoms with van der Waals surface area (Å²) in [7, 11) is -5.97. The molecule has 2 rings (SSSR count). The maximum Gasteiger partial charge on any atom is 0.654 e. The van der Waals surface area contributed by atoms with Crippen LogP contribution in [0.1, 0.15) is 0 Å². The summed E-state index contributed by atoms with van der Waals surface area (Å²) in [4.78, 5) is 0. The van der Waals surface area contributed by atoms with Gasteiger partial charge in [0, 0.05) is 5.46 Å². The Morgan fingerprint density at radius 2 is 1.53 bits per heavy atom. The van der Waals surface area contributed by atoms with E-state index in [4.69, 9.17) is 0 Å². The number of hydrogen-bond acceptors (Lipinski definition) is 3. The highest BCUT2D eigenvalue weighted by Crippen LogP contribution is 2.10. The molecule has 1 heterocycles. The smallest absolute Gasteiger partial charge is 0.419 e. The minimum absolute atomic E-state index is 0.0777. The van der Waals surface area contributed by atoms with E-state index in [0.717, 1.165) is 6.07 Å². The first kappa shape index (κ1) is 10.6. The standard InChI is InChI=1S/C6H4B3F3O3/c10-6-4-2-1-3-5(6)7-13-8(11)15-9(12)14-7/h1-4H. The third-order valence-corrected chi connectivity index (χ3v) is 1.83. The van der Waals surface area contributed by atoms with E-state index in [1.54, 1.807) is 0 Å². The Hall–Kier alpha value is -0.915. The van der Waals surface area contributed by atoms with Gasteiger partial charge in [-0.05, 0) is 6.07 Å². The van der Waals surface area contributed by atoms with Crippen molar-refractivity contribution in [3.8, 4) is 0 Å². The average Bonchev–Trinajstić information content (AvgIpc) is 2.16. The monoisotopic (exact) mass is 214 g/mol. The minimum Gasteiger partial charge on any atom is -0.419 e. The van der Waals surface area contributed by atoms with Crippen LogP contribution in [0.2, 0.25) is 0 Å². The largest absolute Gasteiger partial charge is 0.654 e. The fraction of sp³-hybridized carbons (Fsp3) is 0. The van der Waals surface area contributed by atoms with Gasteiger partial charge in [0.25, 0.3) is 0 Å². The molecule has 0 saturated carbocycles. The van der Waals surface area contributed by atoms with Crippen molar-refractivity contribution < 1.29 is 26.7 Å². The molecule has 0 atom stereocenters. The first-order chi connectivity index (χ1) is 7.16. The zero-order valence-electron chi connectivity index (χ0n) is 7.40. The third-order valence-electron chi connectivity index (χ3n) is 1.83. The Morgan fingerprint density at radius 3 is 2.13 bits per heavy atom. The second kappa shape index (κ2) is 4.30. The SMILES string of the molecule is FB1OB(F)OB(c2ccccc2F)O1. The molecule has 0 aliphatic carbocycles. The van der Waals surface area contributed by atoms with E-state index in [-0.39, 0.29) is 5.46 Å². The quantitative estimate of drug-likeness (QED) is 0.636. The van der Waals surface area contributed by atoms with Crippen LogP contribution in [0.3, 0.4) is 0 Å². The van der Waals surface area contributed by atoms with Gasteiger partial charge >= 0.3 is 21.9 Å². The normalized spacial score (nSPS) is 17.1. The van der Waals surface area contributed by atoms with Crippen molar-refractivity contribution in [3.63, 3.8) is 0 Å². The molecule has 1 aromatic carbocycles. The fourth-order valence-electron chi connectivity index (χ4n) is 1.19. The highest BCUT2D eigenvalue weighted by molar-refractivity contribution is 6.76. The molecule has 76 valence electrons. The van der Waals surface area contributed by atoms with Crippen molar-refractivity contribution in [3.05, 3.63) is 30.1 Å². The molecule has 3 nitrogen and oxygen atoms in total. The van der Waals surface area contributed by atoms with Crippen LogP contribution in [0.5, 0.6) is 0 Å². The van der Waals surface area contributed by atoms with Crippen molar-refractivity contribution in [1.29, 1.82) is 0 Å². The predicted molar refractivity (Wildman–Crippen MR) is 48.8 cm³/mol. The van der Waals surface area contributed by atoms with Gasteiger partial charge in [0.1, 0.15) is 5.82 Å². The number of hydrogen-bond donors (Lipinski definition) is 0. The number of rotatable bonds is 1.